The molecule has 0 aliphatic rings. The first kappa shape index (κ1) is 6.73. The molecule has 1 atom stereocenters. The second-order valence-electron chi connectivity index (χ2n) is 1.81. The van der Waals surface area contributed by atoms with Crippen molar-refractivity contribution < 1.29 is 4.89 Å². The summed E-state index contributed by atoms with van der Waals surface area (Å²) in [6.45, 7) is 0. The molecule has 48 valence electrons. The molecule has 1 aromatic rings. The zero-order valence-electron chi connectivity index (χ0n) is 5.00. The Bertz CT molecular complexity index is 162. The van der Waals surface area contributed by atoms with E-state index in [1.807, 2.05) is 30.3 Å². The lowest BCUT2D eigenvalue weighted by Gasteiger charge is -2.02. The van der Waals surface area contributed by atoms with Crippen LogP contribution in [0.5, 0.6) is 0 Å². The standard InChI is InChI=1S/C7H8OP/c8-9-6-7-4-2-1-3-5-7/h1-5,9H,6H2/q-1. The van der Waals surface area contributed by atoms with Crippen LogP contribution in [0.3, 0.4) is 0 Å². The molecule has 0 N–H and O–H groups in total. The highest BCUT2D eigenvalue weighted by molar-refractivity contribution is 7.28. The Morgan fingerprint density at radius 1 is 1.22 bits per heavy atom. The van der Waals surface area contributed by atoms with Crippen LogP contribution in [0, 0.1) is 0 Å². The highest BCUT2D eigenvalue weighted by Crippen LogP contribution is 2.08. The minimum absolute atomic E-state index is 0.215. The van der Waals surface area contributed by atoms with Gasteiger partial charge >= 0.3 is 0 Å². The van der Waals surface area contributed by atoms with Gasteiger partial charge in [0.25, 0.3) is 0 Å². The van der Waals surface area contributed by atoms with Gasteiger partial charge in [-0.15, -0.1) is 0 Å². The van der Waals surface area contributed by atoms with Crippen LogP contribution in [0.2, 0.25) is 0 Å². The highest BCUT2D eigenvalue weighted by Gasteiger charge is 1.81. The third-order valence-corrected chi connectivity index (χ3v) is 1.67. The first-order valence-corrected chi connectivity index (χ1v) is 3.94. The number of benzene rings is 1. The van der Waals surface area contributed by atoms with Crippen LogP contribution in [-0.2, 0) is 6.16 Å². The fraction of sp³-hybridized carbons (Fsp3) is 0.143. The van der Waals surface area contributed by atoms with Gasteiger partial charge in [0, 0.05) is 0 Å². The van der Waals surface area contributed by atoms with Crippen molar-refractivity contribution in [3.8, 4) is 0 Å². The van der Waals surface area contributed by atoms with Gasteiger partial charge in [-0.25, -0.2) is 8.81 Å². The zero-order valence-corrected chi connectivity index (χ0v) is 6.00. The van der Waals surface area contributed by atoms with E-state index >= 15 is 0 Å². The van der Waals surface area contributed by atoms with Crippen LogP contribution in [0.15, 0.2) is 30.3 Å². The zero-order chi connectivity index (χ0) is 6.53. The van der Waals surface area contributed by atoms with Crippen molar-refractivity contribution in [2.75, 3.05) is 0 Å². The average molecular weight is 139 g/mol. The van der Waals surface area contributed by atoms with Crippen LogP contribution in [0.4, 0.5) is 0 Å². The molecule has 0 amide bonds. The van der Waals surface area contributed by atoms with Crippen molar-refractivity contribution >= 4 is 8.81 Å². The molecule has 0 saturated carbocycles. The van der Waals surface area contributed by atoms with E-state index in [1.165, 1.54) is 0 Å². The fourth-order valence-electron chi connectivity index (χ4n) is 0.679. The Morgan fingerprint density at radius 2 is 1.89 bits per heavy atom. The number of hydrogen-bond acceptors (Lipinski definition) is 1. The largest absolute Gasteiger partial charge is 0.831 e. The lowest BCUT2D eigenvalue weighted by Crippen LogP contribution is -1.84. The van der Waals surface area contributed by atoms with Gasteiger partial charge in [0.1, 0.15) is 0 Å². The Morgan fingerprint density at radius 3 is 2.44 bits per heavy atom. The van der Waals surface area contributed by atoms with E-state index in [1.54, 1.807) is 0 Å². The normalized spacial score (nSPS) is 10.8. The predicted octanol–water partition coefficient (Wildman–Crippen LogP) is 1.14. The van der Waals surface area contributed by atoms with Crippen LogP contribution in [0.25, 0.3) is 0 Å². The maximum Gasteiger partial charge on any atom is -0.0248 e. The molecule has 2 heteroatoms. The summed E-state index contributed by atoms with van der Waals surface area (Å²) in [5.41, 5.74) is 1.14. The molecule has 1 unspecified atom stereocenters. The molecule has 0 spiro atoms. The van der Waals surface area contributed by atoms with E-state index in [-0.39, 0.29) is 8.81 Å². The Hall–Kier alpha value is -0.390. The summed E-state index contributed by atoms with van der Waals surface area (Å²) in [5.74, 6) is 0. The summed E-state index contributed by atoms with van der Waals surface area (Å²) in [6.07, 6.45) is 0.681. The van der Waals surface area contributed by atoms with Crippen molar-refractivity contribution in [1.82, 2.24) is 0 Å². The van der Waals surface area contributed by atoms with Gasteiger partial charge in [-0.1, -0.05) is 30.3 Å². The quantitative estimate of drug-likeness (QED) is 0.563. The molecule has 0 saturated heterocycles. The van der Waals surface area contributed by atoms with Crippen LogP contribution in [-0.4, -0.2) is 0 Å². The second-order valence-corrected chi connectivity index (χ2v) is 2.45. The van der Waals surface area contributed by atoms with Gasteiger partial charge in [0.05, 0.1) is 0 Å². The Balaban J connectivity index is 2.61. The van der Waals surface area contributed by atoms with Crippen molar-refractivity contribution in [2.24, 2.45) is 0 Å². The number of rotatable bonds is 2. The van der Waals surface area contributed by atoms with Gasteiger partial charge < -0.3 is 4.89 Å². The van der Waals surface area contributed by atoms with Gasteiger partial charge in [0.2, 0.25) is 0 Å². The minimum Gasteiger partial charge on any atom is -0.831 e. The van der Waals surface area contributed by atoms with Gasteiger partial charge in [-0.05, 0) is 11.7 Å². The molecule has 1 aromatic carbocycles. The molecular weight excluding hydrogens is 131 g/mol. The van der Waals surface area contributed by atoms with E-state index in [9.17, 15) is 4.89 Å². The minimum atomic E-state index is -0.215. The maximum atomic E-state index is 10.1. The molecule has 0 radical (unpaired) electrons. The Labute approximate surface area is 56.6 Å². The molecule has 0 aromatic heterocycles. The molecule has 0 heterocycles. The summed E-state index contributed by atoms with van der Waals surface area (Å²) in [7, 11) is -0.215. The van der Waals surface area contributed by atoms with E-state index in [0.717, 1.165) is 5.56 Å². The molecular formula is C7H8OP-. The molecule has 0 bridgehead atoms. The van der Waals surface area contributed by atoms with E-state index < -0.39 is 0 Å². The fourth-order valence-corrected chi connectivity index (χ4v) is 1.08. The predicted molar refractivity (Wildman–Crippen MR) is 38.5 cm³/mol. The van der Waals surface area contributed by atoms with E-state index in [4.69, 9.17) is 0 Å². The van der Waals surface area contributed by atoms with Crippen molar-refractivity contribution in [2.45, 2.75) is 6.16 Å². The van der Waals surface area contributed by atoms with E-state index in [2.05, 4.69) is 0 Å². The van der Waals surface area contributed by atoms with Crippen LogP contribution >= 0.6 is 8.81 Å². The third kappa shape index (κ3) is 2.13. The maximum absolute atomic E-state index is 10.1. The van der Waals surface area contributed by atoms with Gasteiger partial charge in [-0.2, -0.15) is 0 Å². The van der Waals surface area contributed by atoms with E-state index in [0.29, 0.717) is 6.16 Å². The van der Waals surface area contributed by atoms with Crippen LogP contribution < -0.4 is 4.89 Å². The molecule has 1 rings (SSSR count). The van der Waals surface area contributed by atoms with Crippen molar-refractivity contribution in [3.63, 3.8) is 0 Å². The van der Waals surface area contributed by atoms with Crippen LogP contribution in [0.1, 0.15) is 5.56 Å². The molecule has 0 fully saturated rings. The molecule has 0 aliphatic heterocycles. The van der Waals surface area contributed by atoms with Crippen molar-refractivity contribution in [3.05, 3.63) is 35.9 Å². The summed E-state index contributed by atoms with van der Waals surface area (Å²) in [6, 6.07) is 9.82. The SMILES string of the molecule is [O-]PCc1ccccc1. The smallest absolute Gasteiger partial charge is 0.0248 e. The lowest BCUT2D eigenvalue weighted by molar-refractivity contribution is -0.150. The number of hydrogen-bond donors (Lipinski definition) is 0. The monoisotopic (exact) mass is 139 g/mol. The summed E-state index contributed by atoms with van der Waals surface area (Å²) < 4.78 is 0. The first-order valence-electron chi connectivity index (χ1n) is 2.82. The highest BCUT2D eigenvalue weighted by atomic mass is 31.1. The summed E-state index contributed by atoms with van der Waals surface area (Å²) in [5, 5.41) is 0. The average Bonchev–Trinajstić information content (AvgIpc) is 1.91. The molecule has 1 nitrogen and oxygen atoms in total. The lowest BCUT2D eigenvalue weighted by atomic mass is 10.2. The topological polar surface area (TPSA) is 23.1 Å². The third-order valence-electron chi connectivity index (χ3n) is 1.12. The summed E-state index contributed by atoms with van der Waals surface area (Å²) in [4.78, 5) is 10.1. The molecule has 9 heavy (non-hydrogen) atoms. The summed E-state index contributed by atoms with van der Waals surface area (Å²) >= 11 is 0. The molecule has 0 aliphatic carbocycles. The second kappa shape index (κ2) is 3.60. The Kier molecular flexibility index (Phi) is 2.69. The first-order chi connectivity index (χ1) is 4.43. The van der Waals surface area contributed by atoms with Gasteiger partial charge in [0.15, 0.2) is 0 Å². The van der Waals surface area contributed by atoms with Crippen molar-refractivity contribution in [1.29, 1.82) is 0 Å². The van der Waals surface area contributed by atoms with Gasteiger partial charge in [-0.3, -0.25) is 0 Å².